The van der Waals surface area contributed by atoms with Gasteiger partial charge in [-0.2, -0.15) is 8.42 Å². The van der Waals surface area contributed by atoms with Crippen LogP contribution in [0.15, 0.2) is 58.3 Å². The molecule has 0 unspecified atom stereocenters. The molecule has 138 valence electrons. The minimum Gasteiger partial charge on any atom is -0.379 e. The van der Waals surface area contributed by atoms with Crippen LogP contribution >= 0.6 is 11.8 Å². The van der Waals surface area contributed by atoms with Crippen LogP contribution in [-0.4, -0.2) is 24.4 Å². The zero-order valence-electron chi connectivity index (χ0n) is 13.4. The molecule has 0 saturated carbocycles. The minimum atomic E-state index is -4.18. The van der Waals surface area contributed by atoms with Gasteiger partial charge in [-0.05, 0) is 47.7 Å². The number of carbonyl (C=O) groups is 1. The quantitative estimate of drug-likeness (QED) is 0.337. The predicted molar refractivity (Wildman–Crippen MR) is 98.8 cm³/mol. The van der Waals surface area contributed by atoms with Crippen LogP contribution in [0, 0.1) is 15.5 Å². The molecule has 1 aliphatic rings. The SMILES string of the molecule is N=C1NC(=O)/C(=C/c2cccc(OS(=O)(=O)c3ccc([N+](=O)[O-])cc3)c2)S1. The molecular weight excluding hydrogens is 394 g/mol. The van der Waals surface area contributed by atoms with Crippen LogP contribution in [0.3, 0.4) is 0 Å². The zero-order chi connectivity index (χ0) is 19.6. The van der Waals surface area contributed by atoms with Gasteiger partial charge in [0.05, 0.1) is 9.83 Å². The average molecular weight is 405 g/mol. The van der Waals surface area contributed by atoms with Crippen molar-refractivity contribution in [3.63, 3.8) is 0 Å². The van der Waals surface area contributed by atoms with E-state index >= 15 is 0 Å². The van der Waals surface area contributed by atoms with Gasteiger partial charge in [0.1, 0.15) is 10.6 Å². The lowest BCUT2D eigenvalue weighted by Crippen LogP contribution is -2.18. The lowest BCUT2D eigenvalue weighted by molar-refractivity contribution is -0.384. The van der Waals surface area contributed by atoms with Gasteiger partial charge in [-0.3, -0.25) is 20.3 Å². The molecule has 0 atom stereocenters. The Balaban J connectivity index is 1.83. The first-order valence-electron chi connectivity index (χ1n) is 7.33. The molecule has 0 bridgehead atoms. The van der Waals surface area contributed by atoms with E-state index in [2.05, 4.69) is 5.32 Å². The number of hydrogen-bond donors (Lipinski definition) is 2. The zero-order valence-corrected chi connectivity index (χ0v) is 15.0. The van der Waals surface area contributed by atoms with Gasteiger partial charge in [-0.25, -0.2) is 0 Å². The van der Waals surface area contributed by atoms with Gasteiger partial charge >= 0.3 is 10.1 Å². The molecule has 27 heavy (non-hydrogen) atoms. The second-order valence-corrected chi connectivity index (χ2v) is 7.85. The number of hydrogen-bond acceptors (Lipinski definition) is 8. The number of thioether (sulfide) groups is 1. The lowest BCUT2D eigenvalue weighted by Gasteiger charge is -2.07. The van der Waals surface area contributed by atoms with E-state index in [1.54, 1.807) is 12.1 Å². The lowest BCUT2D eigenvalue weighted by atomic mass is 10.2. The number of rotatable bonds is 5. The van der Waals surface area contributed by atoms with Crippen molar-refractivity contribution >= 4 is 44.7 Å². The largest absolute Gasteiger partial charge is 0.379 e. The molecule has 9 nitrogen and oxygen atoms in total. The van der Waals surface area contributed by atoms with Gasteiger partial charge in [-0.15, -0.1) is 0 Å². The third kappa shape index (κ3) is 4.33. The van der Waals surface area contributed by atoms with Gasteiger partial charge in [-0.1, -0.05) is 12.1 Å². The molecule has 1 heterocycles. The van der Waals surface area contributed by atoms with Crippen LogP contribution in [0.1, 0.15) is 5.56 Å². The number of nitrogens with zero attached hydrogens (tertiary/aromatic N) is 1. The highest BCUT2D eigenvalue weighted by molar-refractivity contribution is 8.18. The van der Waals surface area contributed by atoms with E-state index in [1.165, 1.54) is 18.2 Å². The monoisotopic (exact) mass is 405 g/mol. The Morgan fingerprint density at radius 3 is 2.48 bits per heavy atom. The van der Waals surface area contributed by atoms with E-state index in [0.717, 1.165) is 36.0 Å². The van der Waals surface area contributed by atoms with Gasteiger partial charge in [0.25, 0.3) is 11.6 Å². The molecule has 2 N–H and O–H groups in total. The number of carbonyl (C=O) groups excluding carboxylic acids is 1. The van der Waals surface area contributed by atoms with Gasteiger partial charge in [0.2, 0.25) is 0 Å². The number of nitro groups is 1. The average Bonchev–Trinajstić information content (AvgIpc) is 2.92. The van der Waals surface area contributed by atoms with Crippen LogP contribution in [0.4, 0.5) is 5.69 Å². The Morgan fingerprint density at radius 1 is 1.19 bits per heavy atom. The maximum Gasteiger partial charge on any atom is 0.339 e. The first-order valence-corrected chi connectivity index (χ1v) is 9.55. The standard InChI is InChI=1S/C16H11N3O6S2/c17-16-18-15(20)14(26-16)9-10-2-1-3-12(8-10)25-27(23,24)13-6-4-11(5-7-13)19(21)22/h1-9H,(H2,17,18,20)/b14-9-. The molecule has 2 aromatic carbocycles. The van der Waals surface area contributed by atoms with Gasteiger partial charge in [0.15, 0.2) is 5.17 Å². The van der Waals surface area contributed by atoms with Crippen molar-refractivity contribution in [3.05, 3.63) is 69.1 Å². The first-order chi connectivity index (χ1) is 12.7. The summed E-state index contributed by atoms with van der Waals surface area (Å²) in [6.07, 6.45) is 1.51. The molecule has 1 fully saturated rings. The van der Waals surface area contributed by atoms with E-state index < -0.39 is 20.9 Å². The minimum absolute atomic E-state index is 0.0133. The van der Waals surface area contributed by atoms with Crippen molar-refractivity contribution in [3.8, 4) is 5.75 Å². The number of nitro benzene ring substituents is 1. The van der Waals surface area contributed by atoms with E-state index in [0.29, 0.717) is 10.5 Å². The number of non-ortho nitro benzene ring substituents is 1. The molecule has 11 heteroatoms. The molecule has 3 rings (SSSR count). The number of nitrogens with one attached hydrogen (secondary N) is 2. The summed E-state index contributed by atoms with van der Waals surface area (Å²) in [5, 5.41) is 20.4. The third-order valence-corrected chi connectivity index (χ3v) is 5.45. The van der Waals surface area contributed by atoms with Crippen LogP contribution < -0.4 is 9.50 Å². The van der Waals surface area contributed by atoms with E-state index in [-0.39, 0.29) is 21.5 Å². The topological polar surface area (TPSA) is 139 Å². The summed E-state index contributed by atoms with van der Waals surface area (Å²) in [7, 11) is -4.18. The summed E-state index contributed by atoms with van der Waals surface area (Å²) in [6, 6.07) is 10.4. The molecule has 0 spiro atoms. The van der Waals surface area contributed by atoms with Crippen molar-refractivity contribution in [2.45, 2.75) is 4.90 Å². The van der Waals surface area contributed by atoms with E-state index in [9.17, 15) is 23.3 Å². The van der Waals surface area contributed by atoms with E-state index in [1.807, 2.05) is 0 Å². The summed E-state index contributed by atoms with van der Waals surface area (Å²) in [6.45, 7) is 0. The summed E-state index contributed by atoms with van der Waals surface area (Å²) in [5.74, 6) is -0.393. The molecule has 2 aromatic rings. The Hall–Kier alpha value is -3.18. The van der Waals surface area contributed by atoms with Crippen molar-refractivity contribution in [2.24, 2.45) is 0 Å². The smallest absolute Gasteiger partial charge is 0.339 e. The van der Waals surface area contributed by atoms with Gasteiger partial charge in [0, 0.05) is 12.1 Å². The maximum absolute atomic E-state index is 12.3. The summed E-state index contributed by atoms with van der Waals surface area (Å²) >= 11 is 0.958. The Bertz CT molecular complexity index is 1080. The summed E-state index contributed by atoms with van der Waals surface area (Å²) in [5.41, 5.74) is 0.277. The summed E-state index contributed by atoms with van der Waals surface area (Å²) in [4.78, 5) is 21.7. The Kier molecular flexibility index (Phi) is 4.97. The highest BCUT2D eigenvalue weighted by Gasteiger charge is 2.22. The van der Waals surface area contributed by atoms with Crippen molar-refractivity contribution in [1.29, 1.82) is 5.41 Å². The fraction of sp³-hybridized carbons (Fsp3) is 0. The fourth-order valence-electron chi connectivity index (χ4n) is 2.16. The first kappa shape index (κ1) is 18.6. The van der Waals surface area contributed by atoms with Gasteiger partial charge < -0.3 is 9.50 Å². The Morgan fingerprint density at radius 2 is 1.89 bits per heavy atom. The fourth-order valence-corrected chi connectivity index (χ4v) is 3.78. The second-order valence-electron chi connectivity index (χ2n) is 5.25. The molecule has 0 aliphatic carbocycles. The maximum atomic E-state index is 12.3. The molecule has 0 aromatic heterocycles. The number of benzene rings is 2. The molecular formula is C16H11N3O6S2. The van der Waals surface area contributed by atoms with Crippen molar-refractivity contribution in [1.82, 2.24) is 5.32 Å². The summed E-state index contributed by atoms with van der Waals surface area (Å²) < 4.78 is 29.7. The third-order valence-electron chi connectivity index (χ3n) is 3.36. The number of amidine groups is 1. The van der Waals surface area contributed by atoms with Crippen LogP contribution in [-0.2, 0) is 14.9 Å². The normalized spacial score (nSPS) is 15.6. The van der Waals surface area contributed by atoms with Crippen LogP contribution in [0.25, 0.3) is 6.08 Å². The molecule has 1 aliphatic heterocycles. The predicted octanol–water partition coefficient (Wildman–Crippen LogP) is 2.50. The van der Waals surface area contributed by atoms with E-state index in [4.69, 9.17) is 9.59 Å². The van der Waals surface area contributed by atoms with Crippen LogP contribution in [0.5, 0.6) is 5.75 Å². The molecule has 1 amide bonds. The highest BCUT2D eigenvalue weighted by Crippen LogP contribution is 2.27. The number of amides is 1. The molecule has 0 radical (unpaired) electrons. The molecule has 1 saturated heterocycles. The highest BCUT2D eigenvalue weighted by atomic mass is 32.2. The van der Waals surface area contributed by atoms with Crippen molar-refractivity contribution in [2.75, 3.05) is 0 Å². The second kappa shape index (κ2) is 7.21. The Labute approximate surface area is 157 Å². The van der Waals surface area contributed by atoms with Crippen LogP contribution in [0.2, 0.25) is 0 Å². The van der Waals surface area contributed by atoms with Crippen molar-refractivity contribution < 1.29 is 22.3 Å².